The molecule has 1 aliphatic rings. The summed E-state index contributed by atoms with van der Waals surface area (Å²) in [6.45, 7) is 6.42. The first-order chi connectivity index (χ1) is 9.19. The number of rotatable bonds is 6. The Bertz CT molecular complexity index is 375. The van der Waals surface area contributed by atoms with Crippen LogP contribution in [0.15, 0.2) is 12.4 Å². The first-order valence-electron chi connectivity index (χ1n) is 7.45. The Hall–Kier alpha value is -0.870. The molecule has 2 atom stereocenters. The number of hydrogen-bond donors (Lipinski definition) is 1. The topological polar surface area (TPSA) is 39.1 Å². The Balaban J connectivity index is 1.85. The number of ether oxygens (including phenoxy) is 1. The van der Waals surface area contributed by atoms with E-state index in [9.17, 15) is 0 Å². The van der Waals surface area contributed by atoms with Crippen LogP contribution in [0.2, 0.25) is 0 Å². The number of hydrogen-bond acceptors (Lipinski definition) is 3. The van der Waals surface area contributed by atoms with Gasteiger partial charge in [0.15, 0.2) is 0 Å². The van der Waals surface area contributed by atoms with Gasteiger partial charge >= 0.3 is 0 Å². The standard InChI is InChI=1S/C15H27N3O/c1-12(2)8-16-9-13-10-17-18(11-13)14-5-4-6-15(7-14)19-3/h10-12,14-16H,4-9H2,1-3H3. The zero-order valence-corrected chi connectivity index (χ0v) is 12.4. The van der Waals surface area contributed by atoms with E-state index in [1.807, 2.05) is 13.3 Å². The molecule has 1 heterocycles. The van der Waals surface area contributed by atoms with Gasteiger partial charge in [0.25, 0.3) is 0 Å². The molecule has 0 aromatic carbocycles. The molecule has 0 bridgehead atoms. The molecule has 1 N–H and O–H groups in total. The van der Waals surface area contributed by atoms with Gasteiger partial charge in [-0.3, -0.25) is 4.68 Å². The van der Waals surface area contributed by atoms with E-state index in [0.29, 0.717) is 18.1 Å². The Morgan fingerprint density at radius 1 is 1.47 bits per heavy atom. The lowest BCUT2D eigenvalue weighted by Crippen LogP contribution is -2.24. The van der Waals surface area contributed by atoms with Gasteiger partial charge in [0.1, 0.15) is 0 Å². The van der Waals surface area contributed by atoms with Crippen molar-refractivity contribution in [1.29, 1.82) is 0 Å². The zero-order chi connectivity index (χ0) is 13.7. The molecule has 2 unspecified atom stereocenters. The van der Waals surface area contributed by atoms with Crippen molar-refractivity contribution in [3.63, 3.8) is 0 Å². The molecular formula is C15H27N3O. The summed E-state index contributed by atoms with van der Waals surface area (Å²) in [5, 5.41) is 7.99. The third-order valence-electron chi connectivity index (χ3n) is 3.84. The van der Waals surface area contributed by atoms with Crippen molar-refractivity contribution in [3.8, 4) is 0 Å². The second-order valence-corrected chi connectivity index (χ2v) is 6.03. The van der Waals surface area contributed by atoms with Crippen LogP contribution in [0, 0.1) is 5.92 Å². The van der Waals surface area contributed by atoms with Crippen molar-refractivity contribution in [2.24, 2.45) is 5.92 Å². The number of aromatic nitrogens is 2. The molecule has 1 aromatic heterocycles. The van der Waals surface area contributed by atoms with Crippen molar-refractivity contribution >= 4 is 0 Å². The monoisotopic (exact) mass is 265 g/mol. The summed E-state index contributed by atoms with van der Waals surface area (Å²) in [5.74, 6) is 0.691. The Kier molecular flexibility index (Phi) is 5.40. The van der Waals surface area contributed by atoms with Crippen molar-refractivity contribution in [1.82, 2.24) is 15.1 Å². The minimum absolute atomic E-state index is 0.408. The maximum atomic E-state index is 5.49. The molecule has 108 valence electrons. The minimum Gasteiger partial charge on any atom is -0.381 e. The first-order valence-corrected chi connectivity index (χ1v) is 7.45. The summed E-state index contributed by atoms with van der Waals surface area (Å²) < 4.78 is 7.62. The highest BCUT2D eigenvalue weighted by atomic mass is 16.5. The first kappa shape index (κ1) is 14.5. The van der Waals surface area contributed by atoms with Gasteiger partial charge in [0.2, 0.25) is 0 Å². The third kappa shape index (κ3) is 4.32. The molecule has 2 rings (SSSR count). The summed E-state index contributed by atoms with van der Waals surface area (Å²) in [7, 11) is 1.82. The molecule has 4 nitrogen and oxygen atoms in total. The average molecular weight is 265 g/mol. The summed E-state index contributed by atoms with van der Waals surface area (Å²) in [4.78, 5) is 0. The predicted molar refractivity (Wildman–Crippen MR) is 77.1 cm³/mol. The number of nitrogens with zero attached hydrogens (tertiary/aromatic N) is 2. The molecule has 0 spiro atoms. The van der Waals surface area contributed by atoms with Gasteiger partial charge in [-0.1, -0.05) is 13.8 Å². The van der Waals surface area contributed by atoms with Crippen molar-refractivity contribution in [3.05, 3.63) is 18.0 Å². The second-order valence-electron chi connectivity index (χ2n) is 6.03. The lowest BCUT2D eigenvalue weighted by atomic mass is 9.93. The van der Waals surface area contributed by atoms with E-state index < -0.39 is 0 Å². The molecule has 19 heavy (non-hydrogen) atoms. The van der Waals surface area contributed by atoms with Gasteiger partial charge in [0.05, 0.1) is 18.3 Å². The molecule has 0 radical (unpaired) electrons. The van der Waals surface area contributed by atoms with Crippen LogP contribution < -0.4 is 5.32 Å². The second kappa shape index (κ2) is 7.06. The summed E-state index contributed by atoms with van der Waals surface area (Å²) in [5.41, 5.74) is 1.28. The molecule has 1 saturated carbocycles. The van der Waals surface area contributed by atoms with Gasteiger partial charge in [-0.05, 0) is 38.1 Å². The van der Waals surface area contributed by atoms with E-state index in [1.54, 1.807) is 0 Å². The fraction of sp³-hybridized carbons (Fsp3) is 0.800. The van der Waals surface area contributed by atoms with Gasteiger partial charge in [0, 0.05) is 25.4 Å². The molecule has 4 heteroatoms. The molecular weight excluding hydrogens is 238 g/mol. The van der Waals surface area contributed by atoms with Crippen LogP contribution in [-0.4, -0.2) is 29.5 Å². The Morgan fingerprint density at radius 3 is 3.05 bits per heavy atom. The molecule has 1 aliphatic carbocycles. The van der Waals surface area contributed by atoms with Gasteiger partial charge in [-0.25, -0.2) is 0 Å². The van der Waals surface area contributed by atoms with Crippen LogP contribution in [0.3, 0.4) is 0 Å². The average Bonchev–Trinajstić information content (AvgIpc) is 2.87. The lowest BCUT2D eigenvalue weighted by Gasteiger charge is -2.28. The maximum absolute atomic E-state index is 5.49. The highest BCUT2D eigenvalue weighted by Crippen LogP contribution is 2.29. The van der Waals surface area contributed by atoms with Crippen molar-refractivity contribution < 1.29 is 4.74 Å². The van der Waals surface area contributed by atoms with E-state index in [4.69, 9.17) is 4.74 Å². The van der Waals surface area contributed by atoms with Crippen LogP contribution in [0.25, 0.3) is 0 Å². The van der Waals surface area contributed by atoms with Crippen LogP contribution in [-0.2, 0) is 11.3 Å². The summed E-state index contributed by atoms with van der Waals surface area (Å²) in [6.07, 6.45) is 9.34. The van der Waals surface area contributed by atoms with Gasteiger partial charge in [-0.2, -0.15) is 5.10 Å². The van der Waals surface area contributed by atoms with Crippen molar-refractivity contribution in [2.45, 2.75) is 58.2 Å². The summed E-state index contributed by atoms with van der Waals surface area (Å²) >= 11 is 0. The van der Waals surface area contributed by atoms with E-state index in [0.717, 1.165) is 19.5 Å². The van der Waals surface area contributed by atoms with Crippen molar-refractivity contribution in [2.75, 3.05) is 13.7 Å². The van der Waals surface area contributed by atoms with E-state index in [1.165, 1.54) is 24.8 Å². The fourth-order valence-electron chi connectivity index (χ4n) is 2.75. The minimum atomic E-state index is 0.408. The molecule has 0 aliphatic heterocycles. The maximum Gasteiger partial charge on any atom is 0.0591 e. The fourth-order valence-corrected chi connectivity index (χ4v) is 2.75. The molecule has 0 amide bonds. The van der Waals surface area contributed by atoms with Gasteiger partial charge < -0.3 is 10.1 Å². The normalized spacial score (nSPS) is 24.0. The number of methoxy groups -OCH3 is 1. The highest BCUT2D eigenvalue weighted by Gasteiger charge is 2.23. The van der Waals surface area contributed by atoms with Crippen LogP contribution in [0.4, 0.5) is 0 Å². The zero-order valence-electron chi connectivity index (χ0n) is 12.4. The summed E-state index contributed by atoms with van der Waals surface area (Å²) in [6, 6.07) is 0.512. The smallest absolute Gasteiger partial charge is 0.0591 e. The lowest BCUT2D eigenvalue weighted by molar-refractivity contribution is 0.0508. The largest absolute Gasteiger partial charge is 0.381 e. The SMILES string of the molecule is COC1CCCC(n2cc(CNCC(C)C)cn2)C1. The molecule has 1 aromatic rings. The van der Waals surface area contributed by atoms with E-state index in [-0.39, 0.29) is 0 Å². The molecule has 1 fully saturated rings. The Labute approximate surface area is 116 Å². The predicted octanol–water partition coefficient (Wildman–Crippen LogP) is 2.76. The van der Waals surface area contributed by atoms with Crippen LogP contribution in [0.1, 0.15) is 51.1 Å². The van der Waals surface area contributed by atoms with E-state index >= 15 is 0 Å². The molecule has 0 saturated heterocycles. The van der Waals surface area contributed by atoms with Crippen LogP contribution in [0.5, 0.6) is 0 Å². The Morgan fingerprint density at radius 2 is 2.32 bits per heavy atom. The van der Waals surface area contributed by atoms with Gasteiger partial charge in [-0.15, -0.1) is 0 Å². The number of nitrogens with one attached hydrogen (secondary N) is 1. The quantitative estimate of drug-likeness (QED) is 0.859. The van der Waals surface area contributed by atoms with Crippen LogP contribution >= 0.6 is 0 Å². The highest BCUT2D eigenvalue weighted by molar-refractivity contribution is 5.04. The third-order valence-corrected chi connectivity index (χ3v) is 3.84. The van der Waals surface area contributed by atoms with E-state index in [2.05, 4.69) is 35.1 Å².